The van der Waals surface area contributed by atoms with E-state index in [1.165, 1.54) is 0 Å². The van der Waals surface area contributed by atoms with Crippen LogP contribution in [0.15, 0.2) is 48.5 Å². The van der Waals surface area contributed by atoms with Gasteiger partial charge in [-0.05, 0) is 36.4 Å². The molecule has 0 aromatic heterocycles. The number of hydrogen-bond acceptors (Lipinski definition) is 3. The van der Waals surface area contributed by atoms with Crippen LogP contribution in [0.5, 0.6) is 11.5 Å². The highest BCUT2D eigenvalue weighted by Crippen LogP contribution is 2.23. The third-order valence-corrected chi connectivity index (χ3v) is 2.69. The quantitative estimate of drug-likeness (QED) is 0.924. The molecule has 0 radical (unpaired) electrons. The zero-order chi connectivity index (χ0) is 13.7. The predicted molar refractivity (Wildman–Crippen MR) is 74.1 cm³/mol. The van der Waals surface area contributed by atoms with E-state index in [4.69, 9.17) is 21.1 Å². The zero-order valence-corrected chi connectivity index (χ0v) is 11.0. The van der Waals surface area contributed by atoms with Crippen molar-refractivity contribution >= 4 is 23.4 Å². The molecule has 98 valence electrons. The smallest absolute Gasteiger partial charge is 0.417 e. The van der Waals surface area contributed by atoms with Gasteiger partial charge in [-0.25, -0.2) is 4.79 Å². The van der Waals surface area contributed by atoms with Crippen molar-refractivity contribution in [2.75, 3.05) is 12.4 Å². The second kappa shape index (κ2) is 6.11. The van der Waals surface area contributed by atoms with Gasteiger partial charge in [-0.3, -0.25) is 5.32 Å². The Balaban J connectivity index is 1.99. The van der Waals surface area contributed by atoms with Gasteiger partial charge in [0.2, 0.25) is 0 Å². The van der Waals surface area contributed by atoms with Gasteiger partial charge in [0, 0.05) is 5.69 Å². The summed E-state index contributed by atoms with van der Waals surface area (Å²) < 4.78 is 10.1. The number of carbonyl (C=O) groups is 1. The third kappa shape index (κ3) is 3.63. The summed E-state index contributed by atoms with van der Waals surface area (Å²) in [6.07, 6.45) is -0.599. The Morgan fingerprint density at radius 2 is 1.79 bits per heavy atom. The normalized spacial score (nSPS) is 9.79. The first kappa shape index (κ1) is 13.2. The van der Waals surface area contributed by atoms with Crippen LogP contribution in [-0.4, -0.2) is 13.2 Å². The molecule has 0 unspecified atom stereocenters. The number of methoxy groups -OCH3 is 1. The van der Waals surface area contributed by atoms with Crippen molar-refractivity contribution in [2.45, 2.75) is 0 Å². The Morgan fingerprint density at radius 1 is 1.11 bits per heavy atom. The molecule has 1 N–H and O–H groups in total. The summed E-state index contributed by atoms with van der Waals surface area (Å²) in [5, 5.41) is 2.98. The SMILES string of the molecule is COc1ccc(NC(=O)Oc2ccccc2Cl)cc1. The van der Waals surface area contributed by atoms with Gasteiger partial charge in [0.05, 0.1) is 12.1 Å². The zero-order valence-electron chi connectivity index (χ0n) is 10.2. The van der Waals surface area contributed by atoms with Gasteiger partial charge in [-0.1, -0.05) is 23.7 Å². The number of para-hydroxylation sites is 1. The van der Waals surface area contributed by atoms with Crippen molar-refractivity contribution in [1.82, 2.24) is 0 Å². The molecule has 2 aromatic carbocycles. The molecule has 0 saturated carbocycles. The highest BCUT2D eigenvalue weighted by Gasteiger charge is 2.07. The molecule has 0 aliphatic carbocycles. The van der Waals surface area contributed by atoms with Crippen molar-refractivity contribution in [3.8, 4) is 11.5 Å². The molecule has 19 heavy (non-hydrogen) atoms. The number of amides is 1. The summed E-state index contributed by atoms with van der Waals surface area (Å²) >= 11 is 5.89. The molecule has 0 aliphatic rings. The largest absolute Gasteiger partial charge is 0.497 e. The minimum Gasteiger partial charge on any atom is -0.497 e. The molecule has 2 aromatic rings. The van der Waals surface area contributed by atoms with Gasteiger partial charge >= 0.3 is 6.09 Å². The van der Waals surface area contributed by atoms with Crippen LogP contribution in [0.2, 0.25) is 5.02 Å². The summed E-state index contributed by atoms with van der Waals surface area (Å²) in [4.78, 5) is 11.7. The molecule has 0 bridgehead atoms. The molecule has 1 amide bonds. The molecule has 4 nitrogen and oxygen atoms in total. The predicted octanol–water partition coefficient (Wildman–Crippen LogP) is 3.96. The molecular weight excluding hydrogens is 266 g/mol. The lowest BCUT2D eigenvalue weighted by Gasteiger charge is -2.08. The van der Waals surface area contributed by atoms with Crippen LogP contribution in [0.4, 0.5) is 10.5 Å². The number of anilines is 1. The first-order valence-electron chi connectivity index (χ1n) is 5.56. The van der Waals surface area contributed by atoms with E-state index >= 15 is 0 Å². The molecule has 2 rings (SSSR count). The number of halogens is 1. The van der Waals surface area contributed by atoms with Crippen molar-refractivity contribution < 1.29 is 14.3 Å². The summed E-state index contributed by atoms with van der Waals surface area (Å²) in [6.45, 7) is 0. The van der Waals surface area contributed by atoms with E-state index < -0.39 is 6.09 Å². The van der Waals surface area contributed by atoms with Gasteiger partial charge in [0.1, 0.15) is 5.75 Å². The molecule has 0 atom stereocenters. The van der Waals surface area contributed by atoms with Crippen LogP contribution < -0.4 is 14.8 Å². The third-order valence-electron chi connectivity index (χ3n) is 2.38. The fourth-order valence-electron chi connectivity index (χ4n) is 1.45. The standard InChI is InChI=1S/C14H12ClNO3/c1-18-11-8-6-10(7-9-11)16-14(17)19-13-5-3-2-4-12(13)15/h2-9H,1H3,(H,16,17). The molecule has 0 spiro atoms. The van der Waals surface area contributed by atoms with Gasteiger partial charge in [-0.15, -0.1) is 0 Å². The highest BCUT2D eigenvalue weighted by atomic mass is 35.5. The number of ether oxygens (including phenoxy) is 2. The van der Waals surface area contributed by atoms with E-state index in [-0.39, 0.29) is 0 Å². The number of benzene rings is 2. The van der Waals surface area contributed by atoms with Crippen molar-refractivity contribution in [3.63, 3.8) is 0 Å². The summed E-state index contributed by atoms with van der Waals surface area (Å²) in [7, 11) is 1.58. The van der Waals surface area contributed by atoms with Crippen LogP contribution >= 0.6 is 11.6 Å². The van der Waals surface area contributed by atoms with Crippen molar-refractivity contribution in [1.29, 1.82) is 0 Å². The average molecular weight is 278 g/mol. The fraction of sp³-hybridized carbons (Fsp3) is 0.0714. The maximum Gasteiger partial charge on any atom is 0.417 e. The van der Waals surface area contributed by atoms with E-state index in [9.17, 15) is 4.79 Å². The summed E-state index contributed by atoms with van der Waals surface area (Å²) in [5.74, 6) is 1.03. The number of carbonyl (C=O) groups excluding carboxylic acids is 1. The molecule has 0 heterocycles. The Morgan fingerprint density at radius 3 is 2.42 bits per heavy atom. The van der Waals surface area contributed by atoms with Crippen molar-refractivity contribution in [3.05, 3.63) is 53.6 Å². The van der Waals surface area contributed by atoms with E-state index in [0.29, 0.717) is 22.2 Å². The maximum absolute atomic E-state index is 11.7. The van der Waals surface area contributed by atoms with Crippen LogP contribution in [0, 0.1) is 0 Å². The lowest BCUT2D eigenvalue weighted by Crippen LogP contribution is -2.16. The Kier molecular flexibility index (Phi) is 4.26. The van der Waals surface area contributed by atoms with E-state index in [2.05, 4.69) is 5.32 Å². The second-order valence-corrected chi connectivity index (χ2v) is 4.08. The monoisotopic (exact) mass is 277 g/mol. The molecule has 0 fully saturated rings. The lowest BCUT2D eigenvalue weighted by atomic mass is 10.3. The first-order chi connectivity index (χ1) is 9.19. The van der Waals surface area contributed by atoms with Crippen molar-refractivity contribution in [2.24, 2.45) is 0 Å². The van der Waals surface area contributed by atoms with Crippen LogP contribution in [0.25, 0.3) is 0 Å². The first-order valence-corrected chi connectivity index (χ1v) is 5.94. The number of hydrogen-bond donors (Lipinski definition) is 1. The van der Waals surface area contributed by atoms with E-state index in [1.54, 1.807) is 55.6 Å². The van der Waals surface area contributed by atoms with E-state index in [0.717, 1.165) is 0 Å². The number of nitrogens with one attached hydrogen (secondary N) is 1. The Hall–Kier alpha value is -2.20. The Bertz CT molecular complexity index is 569. The van der Waals surface area contributed by atoms with Crippen LogP contribution in [-0.2, 0) is 0 Å². The minimum absolute atomic E-state index is 0.315. The van der Waals surface area contributed by atoms with E-state index in [1.807, 2.05) is 0 Å². The van der Waals surface area contributed by atoms with Gasteiger partial charge in [0.15, 0.2) is 5.75 Å². The van der Waals surface area contributed by atoms with Gasteiger partial charge < -0.3 is 9.47 Å². The highest BCUT2D eigenvalue weighted by molar-refractivity contribution is 6.32. The summed E-state index contributed by atoms with van der Waals surface area (Å²) in [5.41, 5.74) is 0.609. The molecule has 5 heteroatoms. The minimum atomic E-state index is -0.599. The molecule has 0 aliphatic heterocycles. The Labute approximate surface area is 115 Å². The maximum atomic E-state index is 11.7. The fourth-order valence-corrected chi connectivity index (χ4v) is 1.62. The second-order valence-electron chi connectivity index (χ2n) is 3.67. The number of rotatable bonds is 3. The molecule has 0 saturated heterocycles. The average Bonchev–Trinajstić information content (AvgIpc) is 2.42. The molecular formula is C14H12ClNO3. The van der Waals surface area contributed by atoms with Gasteiger partial charge in [-0.2, -0.15) is 0 Å². The topological polar surface area (TPSA) is 47.6 Å². The van der Waals surface area contributed by atoms with Crippen LogP contribution in [0.3, 0.4) is 0 Å². The summed E-state index contributed by atoms with van der Waals surface area (Å²) in [6, 6.07) is 13.7. The van der Waals surface area contributed by atoms with Crippen LogP contribution in [0.1, 0.15) is 0 Å². The van der Waals surface area contributed by atoms with Gasteiger partial charge in [0.25, 0.3) is 0 Å². The lowest BCUT2D eigenvalue weighted by molar-refractivity contribution is 0.215.